The number of benzene rings is 2. The minimum absolute atomic E-state index is 0.0580. The highest BCUT2D eigenvalue weighted by Crippen LogP contribution is 2.59. The monoisotopic (exact) mass is 724 g/mol. The summed E-state index contributed by atoms with van der Waals surface area (Å²) in [6.45, 7) is 4.05. The molecule has 3 amide bonds. The van der Waals surface area contributed by atoms with E-state index in [-0.39, 0.29) is 59.9 Å². The maximum absolute atomic E-state index is 14.4. The van der Waals surface area contributed by atoms with E-state index in [9.17, 15) is 37.8 Å². The lowest BCUT2D eigenvalue weighted by Crippen LogP contribution is -2.56. The van der Waals surface area contributed by atoms with Crippen LogP contribution in [0, 0.1) is 23.2 Å². The molecule has 1 aromatic heterocycles. The lowest BCUT2D eigenvalue weighted by Gasteiger charge is -2.39. The third kappa shape index (κ3) is 7.19. The van der Waals surface area contributed by atoms with Gasteiger partial charge in [0.15, 0.2) is 0 Å². The van der Waals surface area contributed by atoms with Crippen LogP contribution >= 0.6 is 7.60 Å². The van der Waals surface area contributed by atoms with E-state index in [4.69, 9.17) is 9.79 Å². The first kappa shape index (κ1) is 36.3. The molecule has 13 nitrogen and oxygen atoms in total. The number of nitrogens with zero attached hydrogens (tertiary/aromatic N) is 4. The maximum Gasteiger partial charge on any atom is 0.399 e. The first-order chi connectivity index (χ1) is 24.2. The Morgan fingerprint density at radius 3 is 2.51 bits per heavy atom. The van der Waals surface area contributed by atoms with E-state index >= 15 is 0 Å². The van der Waals surface area contributed by atoms with Gasteiger partial charge in [-0.3, -0.25) is 23.7 Å². The number of hydrogen-bond donors (Lipinski definition) is 4. The molecule has 0 spiro atoms. The molecule has 5 atom stereocenters. The number of carbonyl (C=O) groups excluding carboxylic acids is 3. The van der Waals surface area contributed by atoms with Gasteiger partial charge in [-0.05, 0) is 66.4 Å². The molecule has 0 radical (unpaired) electrons. The van der Waals surface area contributed by atoms with Crippen molar-refractivity contribution in [2.45, 2.75) is 49.9 Å². The largest absolute Gasteiger partial charge is 0.399 e. The number of hydrogen-bond acceptors (Lipinski definition) is 7. The number of alkyl halides is 2. The fourth-order valence-electron chi connectivity index (χ4n) is 7.62. The lowest BCUT2D eigenvalue weighted by molar-refractivity contribution is -0.148. The Morgan fingerprint density at radius 1 is 1.04 bits per heavy atom. The summed E-state index contributed by atoms with van der Waals surface area (Å²) in [5, 5.41) is 13.3. The average Bonchev–Trinajstić information content (AvgIpc) is 3.74. The number of carbonyl (C=O) groups is 3. The summed E-state index contributed by atoms with van der Waals surface area (Å²) >= 11 is 0. The number of nitrogens with one attached hydrogen (secondary N) is 2. The van der Waals surface area contributed by atoms with Crippen molar-refractivity contribution < 1.29 is 37.5 Å². The first-order valence-electron chi connectivity index (χ1n) is 16.9. The molecule has 3 fully saturated rings. The van der Waals surface area contributed by atoms with Gasteiger partial charge in [0.2, 0.25) is 17.4 Å². The Kier molecular flexibility index (Phi) is 10.2. The van der Waals surface area contributed by atoms with E-state index in [1.165, 1.54) is 36.5 Å². The highest BCUT2D eigenvalue weighted by molar-refractivity contribution is 7.52. The Morgan fingerprint density at radius 2 is 1.80 bits per heavy atom. The molecule has 0 saturated carbocycles. The number of halogens is 2. The van der Waals surface area contributed by atoms with E-state index in [0.717, 1.165) is 12.1 Å². The topological polar surface area (TPSA) is 187 Å². The predicted molar refractivity (Wildman–Crippen MR) is 182 cm³/mol. The van der Waals surface area contributed by atoms with Crippen molar-refractivity contribution in [3.63, 3.8) is 0 Å². The maximum atomic E-state index is 14.4. The van der Waals surface area contributed by atoms with Gasteiger partial charge < -0.3 is 34.8 Å². The third-order valence-corrected chi connectivity index (χ3v) is 11.4. The second-order valence-electron chi connectivity index (χ2n) is 13.5. The van der Waals surface area contributed by atoms with Gasteiger partial charge in [0.1, 0.15) is 6.04 Å². The van der Waals surface area contributed by atoms with Gasteiger partial charge in [-0.15, -0.1) is 0 Å². The minimum atomic E-state index is -5.79. The van der Waals surface area contributed by atoms with Gasteiger partial charge in [-0.1, -0.05) is 25.1 Å². The number of likely N-dealkylation sites (tertiary alicyclic amines) is 1. The van der Waals surface area contributed by atoms with Crippen molar-refractivity contribution in [3.8, 4) is 6.07 Å². The SMILES string of the molecule is CCN1CC[C@H]2CC[C@@H](C(=O)N3C[C@@H](C#N)[C@H](c4cc[nH]c(=O)c4)C3)N2C(=O)C(CNC(=O)c2ccc3ccc(C(F)(F)P(=O)(O)O)cc3c2)C1. The number of rotatable bonds is 8. The Bertz CT molecular complexity index is 2000. The smallest absolute Gasteiger partial charge is 0.351 e. The van der Waals surface area contributed by atoms with E-state index in [0.29, 0.717) is 49.8 Å². The molecule has 6 rings (SSSR count). The van der Waals surface area contributed by atoms with Gasteiger partial charge in [-0.25, -0.2) is 0 Å². The molecule has 0 bridgehead atoms. The number of pyridine rings is 1. The number of nitriles is 1. The number of fused-ring (bicyclic) bond motifs is 2. The molecule has 51 heavy (non-hydrogen) atoms. The molecule has 3 aromatic rings. The van der Waals surface area contributed by atoms with Crippen LogP contribution in [0.3, 0.4) is 0 Å². The Hall–Kier alpha value is -4.48. The summed E-state index contributed by atoms with van der Waals surface area (Å²) in [6.07, 6.45) is 3.29. The molecule has 2 aromatic carbocycles. The highest BCUT2D eigenvalue weighted by atomic mass is 31.2. The predicted octanol–water partition coefficient (Wildman–Crippen LogP) is 2.95. The van der Waals surface area contributed by atoms with Gasteiger partial charge in [-0.2, -0.15) is 14.0 Å². The van der Waals surface area contributed by atoms with E-state index < -0.39 is 42.6 Å². The minimum Gasteiger partial charge on any atom is -0.351 e. The van der Waals surface area contributed by atoms with E-state index in [1.807, 2.05) is 6.92 Å². The molecule has 3 aliphatic rings. The van der Waals surface area contributed by atoms with Crippen molar-refractivity contribution in [1.82, 2.24) is 25.0 Å². The molecule has 16 heteroatoms. The summed E-state index contributed by atoms with van der Waals surface area (Å²) in [4.78, 5) is 80.0. The van der Waals surface area contributed by atoms with Gasteiger partial charge in [0.05, 0.1) is 17.9 Å². The van der Waals surface area contributed by atoms with Gasteiger partial charge >= 0.3 is 13.3 Å². The second-order valence-corrected chi connectivity index (χ2v) is 15.2. The molecule has 4 N–H and O–H groups in total. The van der Waals surface area contributed by atoms with Crippen LogP contribution in [-0.4, -0.2) is 98.5 Å². The molecule has 0 aliphatic carbocycles. The average molecular weight is 725 g/mol. The summed E-state index contributed by atoms with van der Waals surface area (Å²) in [7, 11) is -5.79. The van der Waals surface area contributed by atoms with Crippen molar-refractivity contribution in [1.29, 1.82) is 5.26 Å². The summed E-state index contributed by atoms with van der Waals surface area (Å²) in [6, 6.07) is 12.1. The van der Waals surface area contributed by atoms with E-state index in [1.54, 1.807) is 15.9 Å². The van der Waals surface area contributed by atoms with Crippen LogP contribution < -0.4 is 10.9 Å². The van der Waals surface area contributed by atoms with Crippen LogP contribution in [0.15, 0.2) is 59.5 Å². The van der Waals surface area contributed by atoms with Crippen molar-refractivity contribution in [2.75, 3.05) is 39.3 Å². The van der Waals surface area contributed by atoms with Crippen LogP contribution in [0.5, 0.6) is 0 Å². The molecule has 270 valence electrons. The zero-order valence-corrected chi connectivity index (χ0v) is 28.8. The molecule has 3 aliphatic heterocycles. The van der Waals surface area contributed by atoms with E-state index in [2.05, 4.69) is 21.3 Å². The second kappa shape index (κ2) is 14.3. The van der Waals surface area contributed by atoms with Crippen LogP contribution in [0.4, 0.5) is 8.78 Å². The fraction of sp³-hybridized carbons (Fsp3) is 0.457. The van der Waals surface area contributed by atoms with Gasteiger partial charge in [0.25, 0.3) is 5.91 Å². The van der Waals surface area contributed by atoms with Crippen molar-refractivity contribution in [3.05, 3.63) is 81.8 Å². The lowest BCUT2D eigenvalue weighted by atomic mass is 9.91. The van der Waals surface area contributed by atoms with Crippen LogP contribution in [-0.2, 0) is 19.8 Å². The summed E-state index contributed by atoms with van der Waals surface area (Å²) < 4.78 is 40.2. The summed E-state index contributed by atoms with van der Waals surface area (Å²) in [5.41, 5.74) is -4.81. The normalized spacial score (nSPS) is 24.5. The molecular weight excluding hydrogens is 685 g/mol. The fourth-order valence-corrected chi connectivity index (χ4v) is 8.10. The molecule has 3 saturated heterocycles. The molecule has 4 heterocycles. The zero-order chi connectivity index (χ0) is 36.7. The zero-order valence-electron chi connectivity index (χ0n) is 27.9. The number of aromatic nitrogens is 1. The first-order valence-corrected chi connectivity index (χ1v) is 18.5. The highest BCUT2D eigenvalue weighted by Gasteiger charge is 2.50. The summed E-state index contributed by atoms with van der Waals surface area (Å²) in [5.74, 6) is -2.63. The van der Waals surface area contributed by atoms with Crippen molar-refractivity contribution in [2.24, 2.45) is 11.8 Å². The number of H-pyrrole nitrogens is 1. The molecular formula is C35H39F2N6O7P. The van der Waals surface area contributed by atoms with Crippen molar-refractivity contribution >= 4 is 36.1 Å². The van der Waals surface area contributed by atoms with Crippen LogP contribution in [0.1, 0.15) is 53.6 Å². The van der Waals surface area contributed by atoms with Crippen LogP contribution in [0.25, 0.3) is 10.8 Å². The molecule has 1 unspecified atom stereocenters. The number of amides is 3. The van der Waals surface area contributed by atoms with Gasteiger partial charge in [0, 0.05) is 68.1 Å². The Labute approximate surface area is 292 Å². The Balaban J connectivity index is 1.19. The van der Waals surface area contributed by atoms with Crippen LogP contribution in [0.2, 0.25) is 0 Å². The third-order valence-electron chi connectivity index (χ3n) is 10.4. The number of aromatic amines is 1. The standard InChI is InChI=1S/C35H39F2N6O7P/c1-2-41-12-10-28-7-8-30(34(47)42-19-25(16-38)29(20-42)22-9-11-39-31(44)15-22)43(28)33(46)26(18-41)17-40-32(45)23-4-3-21-5-6-27(14-24(21)13-23)35(36,37)51(48,49)50/h3-6,9,11,13-15,25-26,28-30H,2,7-8,10,12,17-20H2,1H3,(H,39,44)(H,40,45)(H2,48,49,50)/t25-,26?,28-,29+,30+/m1/s1. The quantitative estimate of drug-likeness (QED) is 0.254.